The van der Waals surface area contributed by atoms with Crippen LogP contribution in [0.2, 0.25) is 5.02 Å². The molecule has 7 heteroatoms. The maximum atomic E-state index is 13.8. The number of nitro benzene ring substituents is 1. The summed E-state index contributed by atoms with van der Waals surface area (Å²) in [5, 5.41) is 11.0. The molecule has 0 aromatic heterocycles. The minimum Gasteiger partial charge on any atom is -0.487 e. The lowest BCUT2D eigenvalue weighted by Crippen LogP contribution is -2.02. The van der Waals surface area contributed by atoms with E-state index in [4.69, 9.17) is 16.3 Å². The molecule has 0 aliphatic rings. The van der Waals surface area contributed by atoms with E-state index < -0.39 is 16.4 Å². The first-order valence-corrected chi connectivity index (χ1v) is 6.66. The van der Waals surface area contributed by atoms with E-state index in [1.807, 2.05) is 0 Å². The largest absolute Gasteiger partial charge is 0.487 e. The van der Waals surface area contributed by atoms with E-state index >= 15 is 0 Å². The van der Waals surface area contributed by atoms with Gasteiger partial charge in [-0.3, -0.25) is 10.1 Å². The lowest BCUT2D eigenvalue weighted by molar-refractivity contribution is -0.387. The van der Waals surface area contributed by atoms with E-state index in [0.29, 0.717) is 10.8 Å². The Balaban J connectivity index is 2.19. The van der Waals surface area contributed by atoms with Crippen LogP contribution in [0.3, 0.4) is 0 Å². The third-order valence-electron chi connectivity index (χ3n) is 2.53. The van der Waals surface area contributed by atoms with Gasteiger partial charge in [-0.25, -0.2) is 0 Å². The summed E-state index contributed by atoms with van der Waals surface area (Å²) in [5.41, 5.74) is -0.480. The van der Waals surface area contributed by atoms with Gasteiger partial charge in [0.1, 0.15) is 12.4 Å². The summed E-state index contributed by atoms with van der Waals surface area (Å²) in [7, 11) is 0. The molecule has 4 nitrogen and oxygen atoms in total. The fourth-order valence-electron chi connectivity index (χ4n) is 1.57. The minimum absolute atomic E-state index is 0.0955. The predicted octanol–water partition coefficient (Wildman–Crippen LogP) is 4.73. The highest BCUT2D eigenvalue weighted by atomic mass is 79.9. The van der Waals surface area contributed by atoms with Crippen LogP contribution < -0.4 is 4.74 Å². The number of benzene rings is 2. The van der Waals surface area contributed by atoms with Gasteiger partial charge >= 0.3 is 5.69 Å². The summed E-state index contributed by atoms with van der Waals surface area (Å²) in [5.74, 6) is -0.522. The molecule has 0 spiro atoms. The smallest absolute Gasteiger partial charge is 0.305 e. The summed E-state index contributed by atoms with van der Waals surface area (Å²) in [4.78, 5) is 9.87. The maximum Gasteiger partial charge on any atom is 0.305 e. The van der Waals surface area contributed by atoms with Gasteiger partial charge in [0.15, 0.2) is 0 Å². The first-order valence-electron chi connectivity index (χ1n) is 5.48. The zero-order valence-corrected chi connectivity index (χ0v) is 12.3. The third-order valence-corrected chi connectivity index (χ3v) is 3.32. The molecule has 2 aromatic rings. The number of nitro groups is 1. The molecule has 0 bridgehead atoms. The second-order valence-electron chi connectivity index (χ2n) is 3.87. The molecule has 0 aliphatic carbocycles. The van der Waals surface area contributed by atoms with Crippen LogP contribution >= 0.6 is 27.5 Å². The summed E-state index contributed by atoms with van der Waals surface area (Å²) in [6.07, 6.45) is 0. The molecule has 104 valence electrons. The minimum atomic E-state index is -0.897. The number of hydrogen-bond acceptors (Lipinski definition) is 3. The zero-order valence-electron chi connectivity index (χ0n) is 9.98. The second-order valence-corrected chi connectivity index (χ2v) is 5.19. The number of hydrogen-bond donors (Lipinski definition) is 0. The van der Waals surface area contributed by atoms with Crippen LogP contribution in [0.5, 0.6) is 5.75 Å². The Hall–Kier alpha value is -1.66. The van der Waals surface area contributed by atoms with Crippen LogP contribution in [0.15, 0.2) is 40.9 Å². The van der Waals surface area contributed by atoms with Crippen molar-refractivity contribution in [3.05, 3.63) is 67.4 Å². The van der Waals surface area contributed by atoms with E-state index in [-0.39, 0.29) is 12.2 Å². The molecule has 0 fully saturated rings. The molecule has 0 heterocycles. The highest BCUT2D eigenvalue weighted by molar-refractivity contribution is 9.10. The van der Waals surface area contributed by atoms with Crippen molar-refractivity contribution >= 4 is 33.2 Å². The average Bonchev–Trinajstić information content (AvgIpc) is 2.39. The second kappa shape index (κ2) is 6.19. The molecular formula is C13H8BrClFNO3. The van der Waals surface area contributed by atoms with Gasteiger partial charge in [-0.05, 0) is 18.2 Å². The lowest BCUT2D eigenvalue weighted by atomic mass is 10.2. The Bertz CT molecular complexity index is 666. The van der Waals surface area contributed by atoms with Crippen molar-refractivity contribution < 1.29 is 14.1 Å². The monoisotopic (exact) mass is 359 g/mol. The molecule has 0 aliphatic heterocycles. The highest BCUT2D eigenvalue weighted by Crippen LogP contribution is 2.29. The maximum absolute atomic E-state index is 13.8. The SMILES string of the molecule is O=[N+]([O-])c1cccc(COc2ccc(Br)cc2Cl)c1F. The first-order chi connectivity index (χ1) is 9.49. The molecule has 0 N–H and O–H groups in total. The van der Waals surface area contributed by atoms with Crippen molar-refractivity contribution in [2.24, 2.45) is 0 Å². The highest BCUT2D eigenvalue weighted by Gasteiger charge is 2.17. The fraction of sp³-hybridized carbons (Fsp3) is 0.0769. The molecule has 0 atom stereocenters. The van der Waals surface area contributed by atoms with Crippen molar-refractivity contribution in [2.45, 2.75) is 6.61 Å². The van der Waals surface area contributed by atoms with E-state index in [9.17, 15) is 14.5 Å². The standard InChI is InChI=1S/C13H8BrClFNO3/c14-9-4-5-12(10(15)6-9)20-7-8-2-1-3-11(13(8)16)17(18)19/h1-6H,7H2. The van der Waals surface area contributed by atoms with Crippen molar-refractivity contribution in [2.75, 3.05) is 0 Å². The topological polar surface area (TPSA) is 52.4 Å². The van der Waals surface area contributed by atoms with Gasteiger partial charge in [0, 0.05) is 16.1 Å². The Labute approximate surface area is 127 Å². The molecule has 0 unspecified atom stereocenters. The van der Waals surface area contributed by atoms with Gasteiger partial charge in [0.05, 0.1) is 9.95 Å². The molecular weight excluding hydrogens is 353 g/mol. The van der Waals surface area contributed by atoms with Crippen LogP contribution in [-0.2, 0) is 6.61 Å². The zero-order chi connectivity index (χ0) is 14.7. The quantitative estimate of drug-likeness (QED) is 0.585. The average molecular weight is 361 g/mol. The molecule has 0 amide bonds. The van der Waals surface area contributed by atoms with Gasteiger partial charge in [-0.2, -0.15) is 4.39 Å². The van der Waals surface area contributed by atoms with Gasteiger partial charge in [0.25, 0.3) is 0 Å². The van der Waals surface area contributed by atoms with Gasteiger partial charge in [-0.15, -0.1) is 0 Å². The van der Waals surface area contributed by atoms with Crippen LogP contribution in [-0.4, -0.2) is 4.92 Å². The fourth-order valence-corrected chi connectivity index (χ4v) is 2.29. The van der Waals surface area contributed by atoms with Crippen molar-refractivity contribution in [1.82, 2.24) is 0 Å². The van der Waals surface area contributed by atoms with E-state index in [0.717, 1.165) is 10.5 Å². The predicted molar refractivity (Wildman–Crippen MR) is 76.5 cm³/mol. The van der Waals surface area contributed by atoms with E-state index in [2.05, 4.69) is 15.9 Å². The van der Waals surface area contributed by atoms with E-state index in [1.165, 1.54) is 12.1 Å². The van der Waals surface area contributed by atoms with E-state index in [1.54, 1.807) is 18.2 Å². The molecule has 0 radical (unpaired) electrons. The lowest BCUT2D eigenvalue weighted by Gasteiger charge is -2.09. The van der Waals surface area contributed by atoms with Crippen molar-refractivity contribution in [3.8, 4) is 5.75 Å². The molecule has 2 aromatic carbocycles. The Morgan fingerprint density at radius 3 is 2.75 bits per heavy atom. The summed E-state index contributed by atoms with van der Waals surface area (Å²) in [6, 6.07) is 8.93. The van der Waals surface area contributed by atoms with Crippen LogP contribution in [0, 0.1) is 15.9 Å². The number of halogens is 3. The Morgan fingerprint density at radius 1 is 1.35 bits per heavy atom. The van der Waals surface area contributed by atoms with Gasteiger partial charge < -0.3 is 4.74 Å². The molecule has 0 saturated carbocycles. The van der Waals surface area contributed by atoms with Crippen LogP contribution in [0.4, 0.5) is 10.1 Å². The number of rotatable bonds is 4. The number of nitrogens with zero attached hydrogens (tertiary/aromatic N) is 1. The summed E-state index contributed by atoms with van der Waals surface area (Å²) in [6.45, 7) is -0.144. The van der Waals surface area contributed by atoms with Crippen LogP contribution in [0.25, 0.3) is 0 Å². The third kappa shape index (κ3) is 3.26. The normalized spacial score (nSPS) is 10.3. The van der Waals surface area contributed by atoms with Gasteiger partial charge in [0.2, 0.25) is 5.82 Å². The molecule has 20 heavy (non-hydrogen) atoms. The van der Waals surface area contributed by atoms with Crippen LogP contribution in [0.1, 0.15) is 5.56 Å². The van der Waals surface area contributed by atoms with Crippen molar-refractivity contribution in [3.63, 3.8) is 0 Å². The summed E-state index contributed by atoms with van der Waals surface area (Å²) < 4.78 is 20.0. The first kappa shape index (κ1) is 14.7. The Kier molecular flexibility index (Phi) is 4.57. The van der Waals surface area contributed by atoms with Crippen molar-refractivity contribution in [1.29, 1.82) is 0 Å². The number of ether oxygens (including phenoxy) is 1. The summed E-state index contributed by atoms with van der Waals surface area (Å²) >= 11 is 9.21. The Morgan fingerprint density at radius 2 is 2.10 bits per heavy atom. The van der Waals surface area contributed by atoms with Gasteiger partial charge in [-0.1, -0.05) is 39.7 Å². The molecule has 0 saturated heterocycles. The molecule has 2 rings (SSSR count).